The molecule has 2 heterocycles. The van der Waals surface area contributed by atoms with Crippen molar-refractivity contribution in [3.05, 3.63) is 20.3 Å². The van der Waals surface area contributed by atoms with Crippen LogP contribution in [-0.2, 0) is 0 Å². The van der Waals surface area contributed by atoms with Crippen LogP contribution in [0.1, 0.15) is 42.5 Å². The molecule has 20 heavy (non-hydrogen) atoms. The van der Waals surface area contributed by atoms with E-state index in [9.17, 15) is 4.79 Å². The number of thiophene rings is 1. The lowest BCUT2D eigenvalue weighted by atomic mass is 9.79. The van der Waals surface area contributed by atoms with Gasteiger partial charge in [-0.3, -0.25) is 4.79 Å². The lowest BCUT2D eigenvalue weighted by Crippen LogP contribution is -2.63. The van der Waals surface area contributed by atoms with Crippen molar-refractivity contribution >= 4 is 40.4 Å². The monoisotopic (exact) mass is 332 g/mol. The van der Waals surface area contributed by atoms with E-state index in [0.717, 1.165) is 32.5 Å². The lowest BCUT2D eigenvalue weighted by molar-refractivity contribution is 0.0223. The molecular weight excluding hydrogens is 315 g/mol. The van der Waals surface area contributed by atoms with Crippen LogP contribution in [0.25, 0.3) is 0 Å². The zero-order chi connectivity index (χ0) is 14.2. The smallest absolute Gasteiger partial charge is 0.256 e. The SMILES string of the molecule is O=C(c1cc(Cl)sc1Cl)N1CCNCC12CCCCC2. The van der Waals surface area contributed by atoms with Gasteiger partial charge in [0.15, 0.2) is 0 Å². The number of rotatable bonds is 1. The van der Waals surface area contributed by atoms with Crippen molar-refractivity contribution in [2.24, 2.45) is 0 Å². The normalized spacial score (nSPS) is 22.2. The minimum atomic E-state index is -0.0225. The maximum absolute atomic E-state index is 12.9. The first kappa shape index (κ1) is 14.6. The minimum Gasteiger partial charge on any atom is -0.330 e. The molecule has 2 aliphatic rings. The van der Waals surface area contributed by atoms with Gasteiger partial charge >= 0.3 is 0 Å². The highest BCUT2D eigenvalue weighted by atomic mass is 35.5. The van der Waals surface area contributed by atoms with Gasteiger partial charge in [0.05, 0.1) is 15.4 Å². The Labute approximate surface area is 133 Å². The lowest BCUT2D eigenvalue weighted by Gasteiger charge is -2.49. The van der Waals surface area contributed by atoms with Crippen LogP contribution >= 0.6 is 34.5 Å². The number of nitrogens with one attached hydrogen (secondary N) is 1. The number of carbonyl (C=O) groups excluding carboxylic acids is 1. The summed E-state index contributed by atoms with van der Waals surface area (Å²) < 4.78 is 1.08. The van der Waals surface area contributed by atoms with Gasteiger partial charge in [-0.1, -0.05) is 42.5 Å². The third kappa shape index (κ3) is 2.59. The predicted octanol–water partition coefficient (Wildman–Crippen LogP) is 3.80. The summed E-state index contributed by atoms with van der Waals surface area (Å²) in [6.45, 7) is 2.50. The Balaban J connectivity index is 1.89. The molecule has 1 aliphatic carbocycles. The van der Waals surface area contributed by atoms with Crippen LogP contribution in [0.15, 0.2) is 6.07 Å². The largest absolute Gasteiger partial charge is 0.330 e. The van der Waals surface area contributed by atoms with Crippen molar-refractivity contribution < 1.29 is 4.79 Å². The molecule has 1 amide bonds. The van der Waals surface area contributed by atoms with Crippen LogP contribution in [0, 0.1) is 0 Å². The molecule has 2 fully saturated rings. The molecule has 1 N–H and O–H groups in total. The number of piperazine rings is 1. The molecule has 3 nitrogen and oxygen atoms in total. The fourth-order valence-electron chi connectivity index (χ4n) is 3.45. The second kappa shape index (κ2) is 5.84. The molecule has 1 aromatic heterocycles. The third-order valence-electron chi connectivity index (χ3n) is 4.46. The highest BCUT2D eigenvalue weighted by molar-refractivity contribution is 7.20. The summed E-state index contributed by atoms with van der Waals surface area (Å²) in [5.74, 6) is 0.0431. The summed E-state index contributed by atoms with van der Waals surface area (Å²) in [4.78, 5) is 14.9. The van der Waals surface area contributed by atoms with E-state index in [1.54, 1.807) is 6.07 Å². The molecule has 110 valence electrons. The standard InChI is InChI=1S/C14H18Cl2N2OS/c15-11-8-10(12(16)20-11)13(19)18-7-6-17-9-14(18)4-2-1-3-5-14/h8,17H,1-7,9H2. The summed E-state index contributed by atoms with van der Waals surface area (Å²) in [5.41, 5.74) is 0.541. The van der Waals surface area contributed by atoms with Gasteiger partial charge in [-0.05, 0) is 18.9 Å². The zero-order valence-corrected chi connectivity index (χ0v) is 13.6. The first-order valence-corrected chi connectivity index (χ1v) is 8.67. The van der Waals surface area contributed by atoms with Gasteiger partial charge in [-0.25, -0.2) is 0 Å². The van der Waals surface area contributed by atoms with Gasteiger partial charge in [-0.2, -0.15) is 0 Å². The Morgan fingerprint density at radius 2 is 2.05 bits per heavy atom. The average molecular weight is 333 g/mol. The second-order valence-corrected chi connectivity index (χ2v) is 7.94. The number of nitrogens with zero attached hydrogens (tertiary/aromatic N) is 1. The van der Waals surface area contributed by atoms with Crippen molar-refractivity contribution in [3.63, 3.8) is 0 Å². The number of amides is 1. The predicted molar refractivity (Wildman–Crippen MR) is 84.1 cm³/mol. The third-order valence-corrected chi connectivity index (χ3v) is 5.94. The van der Waals surface area contributed by atoms with E-state index in [4.69, 9.17) is 23.2 Å². The average Bonchev–Trinajstić information content (AvgIpc) is 2.78. The van der Waals surface area contributed by atoms with Gasteiger partial charge in [0.1, 0.15) is 4.34 Å². The number of hydrogen-bond donors (Lipinski definition) is 1. The van der Waals surface area contributed by atoms with E-state index in [0.29, 0.717) is 14.2 Å². The summed E-state index contributed by atoms with van der Waals surface area (Å²) in [7, 11) is 0. The quantitative estimate of drug-likeness (QED) is 0.848. The minimum absolute atomic E-state index is 0.0225. The summed E-state index contributed by atoms with van der Waals surface area (Å²) in [6, 6.07) is 1.70. The Morgan fingerprint density at radius 1 is 1.30 bits per heavy atom. The molecule has 1 saturated carbocycles. The van der Waals surface area contributed by atoms with E-state index in [1.807, 2.05) is 4.90 Å². The molecule has 0 radical (unpaired) electrons. The van der Waals surface area contributed by atoms with Crippen molar-refractivity contribution in [2.45, 2.75) is 37.6 Å². The van der Waals surface area contributed by atoms with E-state index < -0.39 is 0 Å². The highest BCUT2D eigenvalue weighted by Gasteiger charge is 2.42. The van der Waals surface area contributed by atoms with Crippen molar-refractivity contribution in [1.82, 2.24) is 10.2 Å². The molecule has 6 heteroatoms. The molecule has 1 aromatic rings. The van der Waals surface area contributed by atoms with E-state index in [2.05, 4.69) is 5.32 Å². The highest BCUT2D eigenvalue weighted by Crippen LogP contribution is 2.38. The van der Waals surface area contributed by atoms with Gasteiger partial charge in [-0.15, -0.1) is 11.3 Å². The Morgan fingerprint density at radius 3 is 2.70 bits per heavy atom. The number of hydrogen-bond acceptors (Lipinski definition) is 3. The topological polar surface area (TPSA) is 32.3 Å². The Bertz CT molecular complexity index is 503. The maximum atomic E-state index is 12.9. The fourth-order valence-corrected chi connectivity index (χ4v) is 4.90. The Kier molecular flexibility index (Phi) is 4.27. The zero-order valence-electron chi connectivity index (χ0n) is 11.3. The summed E-state index contributed by atoms with van der Waals surface area (Å²) in [5, 5.41) is 3.45. The molecule has 0 atom stereocenters. The van der Waals surface area contributed by atoms with Crippen LogP contribution in [0.5, 0.6) is 0 Å². The van der Waals surface area contributed by atoms with Crippen molar-refractivity contribution in [3.8, 4) is 0 Å². The van der Waals surface area contributed by atoms with Gasteiger partial charge in [0, 0.05) is 19.6 Å². The molecule has 1 spiro atoms. The molecular formula is C14H18Cl2N2OS. The molecule has 1 saturated heterocycles. The van der Waals surface area contributed by atoms with E-state index in [-0.39, 0.29) is 11.4 Å². The van der Waals surface area contributed by atoms with Crippen LogP contribution in [0.4, 0.5) is 0 Å². The molecule has 1 aliphatic heterocycles. The molecule has 0 aromatic carbocycles. The van der Waals surface area contributed by atoms with Gasteiger partial charge in [0.2, 0.25) is 0 Å². The molecule has 0 bridgehead atoms. The first-order chi connectivity index (χ1) is 9.62. The second-order valence-electron chi connectivity index (χ2n) is 5.66. The first-order valence-electron chi connectivity index (χ1n) is 7.10. The van der Waals surface area contributed by atoms with E-state index in [1.165, 1.54) is 30.6 Å². The van der Waals surface area contributed by atoms with Crippen LogP contribution < -0.4 is 5.32 Å². The summed E-state index contributed by atoms with van der Waals surface area (Å²) in [6.07, 6.45) is 5.84. The van der Waals surface area contributed by atoms with Crippen molar-refractivity contribution in [1.29, 1.82) is 0 Å². The van der Waals surface area contributed by atoms with Crippen LogP contribution in [-0.4, -0.2) is 36.0 Å². The number of halogens is 2. The van der Waals surface area contributed by atoms with Crippen LogP contribution in [0.3, 0.4) is 0 Å². The van der Waals surface area contributed by atoms with Crippen LogP contribution in [0.2, 0.25) is 8.67 Å². The van der Waals surface area contributed by atoms with Gasteiger partial charge in [0.25, 0.3) is 5.91 Å². The van der Waals surface area contributed by atoms with E-state index >= 15 is 0 Å². The summed E-state index contributed by atoms with van der Waals surface area (Å²) >= 11 is 13.4. The fraction of sp³-hybridized carbons (Fsp3) is 0.643. The van der Waals surface area contributed by atoms with Crippen molar-refractivity contribution in [2.75, 3.05) is 19.6 Å². The van der Waals surface area contributed by atoms with Gasteiger partial charge < -0.3 is 10.2 Å². The maximum Gasteiger partial charge on any atom is 0.256 e. The Hall–Kier alpha value is -0.290. The molecule has 0 unspecified atom stereocenters. The number of carbonyl (C=O) groups is 1. The molecule has 3 rings (SSSR count).